The average molecular weight is 451 g/mol. The van der Waals surface area contributed by atoms with Crippen molar-refractivity contribution in [2.24, 2.45) is 0 Å². The molecule has 0 saturated heterocycles. The van der Waals surface area contributed by atoms with Crippen LogP contribution in [-0.2, 0) is 0 Å². The van der Waals surface area contributed by atoms with Crippen LogP contribution in [0.5, 0.6) is 0 Å². The number of aliphatic hydroxyl groups is 1. The number of hydrogen-bond donors (Lipinski definition) is 1. The third-order valence-corrected chi connectivity index (χ3v) is 1.71. The minimum Gasteiger partial charge on any atom is -0.514 e. The summed E-state index contributed by atoms with van der Waals surface area (Å²) < 4.78 is 0. The summed E-state index contributed by atoms with van der Waals surface area (Å²) in [6, 6.07) is 0. The minimum atomic E-state index is 0. The van der Waals surface area contributed by atoms with E-state index in [4.69, 9.17) is 16.7 Å². The van der Waals surface area contributed by atoms with Crippen molar-refractivity contribution in [1.82, 2.24) is 0 Å². The predicted molar refractivity (Wildman–Crippen MR) is 63.2 cm³/mol. The van der Waals surface area contributed by atoms with Gasteiger partial charge < -0.3 is 12.0 Å². The molecule has 1 aliphatic rings. The maximum Gasteiger partial charge on any atom is 2.00 e. The largest absolute Gasteiger partial charge is 2.00 e. The minimum absolute atomic E-state index is 0. The van der Waals surface area contributed by atoms with E-state index in [1.165, 1.54) is 5.57 Å². The van der Waals surface area contributed by atoms with Gasteiger partial charge in [0.25, 0.3) is 0 Å². The van der Waals surface area contributed by atoms with Gasteiger partial charge in [0.1, 0.15) is 0 Å². The summed E-state index contributed by atoms with van der Waals surface area (Å²) in [6.07, 6.45) is 10.4. The van der Waals surface area contributed by atoms with Crippen LogP contribution in [0.2, 0.25) is 0 Å². The monoisotopic (exact) mass is 450 g/mol. The third-order valence-electron chi connectivity index (χ3n) is 1.71. The van der Waals surface area contributed by atoms with Gasteiger partial charge in [0.15, 0.2) is 0 Å². The molecule has 0 atom stereocenters. The Bertz CT molecular complexity index is 222. The molecule has 0 aromatic rings. The van der Waals surface area contributed by atoms with Crippen LogP contribution in [-0.4, -0.2) is 11.0 Å². The first kappa shape index (κ1) is 17.6. The van der Waals surface area contributed by atoms with Crippen molar-refractivity contribution >= 4 is 11.6 Å². The molecule has 0 aliphatic heterocycles. The SMILES string of the molecule is C=CC[CH-]C1=CC=C(O)CC1.[CH2-]CCl.[U+2]. The van der Waals surface area contributed by atoms with Gasteiger partial charge in [-0.15, -0.1) is 24.6 Å². The van der Waals surface area contributed by atoms with Crippen molar-refractivity contribution in [2.45, 2.75) is 19.3 Å². The summed E-state index contributed by atoms with van der Waals surface area (Å²) in [5, 5.41) is 9.03. The molecule has 1 aliphatic carbocycles. The Morgan fingerprint density at radius 3 is 2.53 bits per heavy atom. The Morgan fingerprint density at radius 2 is 2.13 bits per heavy atom. The fraction of sp³-hybridized carbons (Fsp3) is 0.333. The van der Waals surface area contributed by atoms with Crippen molar-refractivity contribution in [1.29, 1.82) is 0 Å². The Kier molecular flexibility index (Phi) is 14.5. The summed E-state index contributed by atoms with van der Waals surface area (Å²) in [5.41, 5.74) is 1.29. The van der Waals surface area contributed by atoms with E-state index < -0.39 is 0 Å². The second-order valence-electron chi connectivity index (χ2n) is 2.82. The second kappa shape index (κ2) is 12.3. The van der Waals surface area contributed by atoms with Crippen molar-refractivity contribution in [3.8, 4) is 0 Å². The zero-order chi connectivity index (χ0) is 10.8. The maximum absolute atomic E-state index is 9.03. The molecule has 0 saturated carbocycles. The molecule has 0 aromatic carbocycles. The zero-order valence-electron chi connectivity index (χ0n) is 8.88. The van der Waals surface area contributed by atoms with Crippen LogP contribution in [0.25, 0.3) is 0 Å². The van der Waals surface area contributed by atoms with E-state index in [1.54, 1.807) is 6.08 Å². The summed E-state index contributed by atoms with van der Waals surface area (Å²) >= 11 is 4.89. The van der Waals surface area contributed by atoms with Crippen LogP contribution in [0, 0.1) is 44.5 Å². The Balaban J connectivity index is 0. The fourth-order valence-corrected chi connectivity index (χ4v) is 1.05. The normalized spacial score (nSPS) is 13.5. The molecule has 0 unspecified atom stereocenters. The number of allylic oxidation sites excluding steroid dienone is 5. The molecular weight excluding hydrogens is 434 g/mol. The van der Waals surface area contributed by atoms with Gasteiger partial charge >= 0.3 is 31.1 Å². The molecule has 0 radical (unpaired) electrons. The van der Waals surface area contributed by atoms with Crippen LogP contribution in [0.3, 0.4) is 0 Å². The van der Waals surface area contributed by atoms with Crippen molar-refractivity contribution < 1.29 is 36.2 Å². The predicted octanol–water partition coefficient (Wildman–Crippen LogP) is 3.99. The quantitative estimate of drug-likeness (QED) is 0.392. The molecule has 1 N–H and O–H groups in total. The van der Waals surface area contributed by atoms with E-state index in [1.807, 2.05) is 12.2 Å². The van der Waals surface area contributed by atoms with Crippen LogP contribution < -0.4 is 0 Å². The van der Waals surface area contributed by atoms with Gasteiger partial charge in [-0.2, -0.15) is 11.6 Å². The summed E-state index contributed by atoms with van der Waals surface area (Å²) in [5.74, 6) is 0.959. The molecule has 1 nitrogen and oxygen atoms in total. The Morgan fingerprint density at radius 1 is 1.53 bits per heavy atom. The van der Waals surface area contributed by atoms with E-state index >= 15 is 0 Å². The van der Waals surface area contributed by atoms with Crippen LogP contribution in [0.1, 0.15) is 19.3 Å². The van der Waals surface area contributed by atoms with E-state index in [2.05, 4.69) is 19.9 Å². The number of alkyl halides is 1. The number of rotatable bonds is 3. The summed E-state index contributed by atoms with van der Waals surface area (Å²) in [6.45, 7) is 6.89. The standard InChI is InChI=1S/C10H13O.C2H4Cl.U/c1-2-3-4-9-5-7-10(11)8-6-9;1-2-3;/h2,4-5,7,11H,1,3,6,8H2;1-2H2;/q2*-1;+2. The Labute approximate surface area is 122 Å². The van der Waals surface area contributed by atoms with Crippen LogP contribution >= 0.6 is 11.6 Å². The summed E-state index contributed by atoms with van der Waals surface area (Å²) in [4.78, 5) is 0. The van der Waals surface area contributed by atoms with Crippen molar-refractivity contribution in [3.63, 3.8) is 0 Å². The second-order valence-corrected chi connectivity index (χ2v) is 3.20. The van der Waals surface area contributed by atoms with Gasteiger partial charge in [-0.25, -0.2) is 18.1 Å². The zero-order valence-corrected chi connectivity index (χ0v) is 13.8. The topological polar surface area (TPSA) is 20.2 Å². The first-order valence-corrected chi connectivity index (χ1v) is 5.16. The molecule has 0 fully saturated rings. The van der Waals surface area contributed by atoms with E-state index in [-0.39, 0.29) is 31.1 Å². The van der Waals surface area contributed by atoms with Crippen molar-refractivity contribution in [2.75, 3.05) is 5.88 Å². The first-order valence-electron chi connectivity index (χ1n) is 4.62. The first-order chi connectivity index (χ1) is 6.74. The number of halogens is 1. The fourth-order valence-electron chi connectivity index (χ4n) is 1.05. The van der Waals surface area contributed by atoms with E-state index in [9.17, 15) is 0 Å². The van der Waals surface area contributed by atoms with Gasteiger partial charge in [-0.1, -0.05) is 12.8 Å². The molecule has 3 heteroatoms. The van der Waals surface area contributed by atoms with Gasteiger partial charge in [0.05, 0.1) is 5.76 Å². The Hall–Kier alpha value is 0.232. The molecule has 82 valence electrons. The van der Waals surface area contributed by atoms with E-state index in [0.29, 0.717) is 11.6 Å². The van der Waals surface area contributed by atoms with E-state index in [0.717, 1.165) is 19.3 Å². The summed E-state index contributed by atoms with van der Waals surface area (Å²) in [7, 11) is 0. The molecule has 0 spiro atoms. The maximum atomic E-state index is 9.03. The van der Waals surface area contributed by atoms with Gasteiger partial charge in [-0.3, -0.25) is 0 Å². The molecule has 0 bridgehead atoms. The van der Waals surface area contributed by atoms with Crippen molar-refractivity contribution in [3.05, 3.63) is 49.5 Å². The molecule has 15 heavy (non-hydrogen) atoms. The van der Waals surface area contributed by atoms with Gasteiger partial charge in [0, 0.05) is 6.42 Å². The average Bonchev–Trinajstić information content (AvgIpc) is 2.18. The number of hydrogen-bond acceptors (Lipinski definition) is 1. The van der Waals surface area contributed by atoms with Gasteiger partial charge in [-0.05, 0) is 0 Å². The van der Waals surface area contributed by atoms with Crippen LogP contribution in [0.4, 0.5) is 0 Å². The molecule has 0 amide bonds. The number of aliphatic hydroxyl groups excluding tert-OH is 1. The molecule has 1 rings (SSSR count). The van der Waals surface area contributed by atoms with Crippen LogP contribution in [0.15, 0.2) is 36.1 Å². The third kappa shape index (κ3) is 10.5. The smallest absolute Gasteiger partial charge is 0.514 e. The molecular formula is C12H17ClOU. The molecule has 0 heterocycles. The molecule has 0 aromatic heterocycles. The van der Waals surface area contributed by atoms with Gasteiger partial charge in [0.2, 0.25) is 0 Å².